The van der Waals surface area contributed by atoms with Gasteiger partial charge in [0.2, 0.25) is 10.0 Å². The smallest absolute Gasteiger partial charge is 0.247 e. The Hall–Kier alpha value is -3.84. The molecule has 0 N–H and O–H groups in total. The van der Waals surface area contributed by atoms with Crippen LogP contribution in [0.3, 0.4) is 0 Å². The van der Waals surface area contributed by atoms with E-state index in [9.17, 15) is 12.8 Å². The van der Waals surface area contributed by atoms with Gasteiger partial charge < -0.3 is 14.4 Å². The van der Waals surface area contributed by atoms with Crippen LogP contribution >= 0.6 is 0 Å². The number of aromatic nitrogens is 5. The molecule has 35 heavy (non-hydrogen) atoms. The molecule has 1 aliphatic rings. The number of nitrogens with zero attached hydrogens (tertiary/aromatic N) is 7. The quantitative estimate of drug-likeness (QED) is 0.392. The summed E-state index contributed by atoms with van der Waals surface area (Å²) in [5, 5.41) is 8.40. The van der Waals surface area contributed by atoms with Crippen molar-refractivity contribution in [3.63, 3.8) is 0 Å². The normalized spacial score (nSPS) is 14.9. The lowest BCUT2D eigenvalue weighted by molar-refractivity contribution is 0.370. The van der Waals surface area contributed by atoms with Crippen LogP contribution in [0, 0.1) is 5.82 Å². The van der Waals surface area contributed by atoms with E-state index in [1.807, 2.05) is 4.90 Å². The van der Waals surface area contributed by atoms with E-state index in [1.165, 1.54) is 47.7 Å². The highest BCUT2D eigenvalue weighted by molar-refractivity contribution is 7.89. The Kier molecular flexibility index (Phi) is 5.94. The molecular formula is C22H22FN7O4S. The van der Waals surface area contributed by atoms with Crippen molar-refractivity contribution in [1.29, 1.82) is 0 Å². The van der Waals surface area contributed by atoms with Gasteiger partial charge in [-0.3, -0.25) is 0 Å². The maximum atomic E-state index is 13.4. The highest BCUT2D eigenvalue weighted by atomic mass is 32.2. The van der Waals surface area contributed by atoms with E-state index >= 15 is 0 Å². The van der Waals surface area contributed by atoms with Crippen molar-refractivity contribution < 1.29 is 22.3 Å². The minimum Gasteiger partial charge on any atom is -0.497 e. The van der Waals surface area contributed by atoms with Crippen molar-refractivity contribution in [1.82, 2.24) is 29.3 Å². The van der Waals surface area contributed by atoms with Crippen LogP contribution in [0.2, 0.25) is 0 Å². The van der Waals surface area contributed by atoms with Gasteiger partial charge in [0, 0.05) is 32.2 Å². The number of ether oxygens (including phenoxy) is 2. The lowest BCUT2D eigenvalue weighted by atomic mass is 10.3. The zero-order valence-electron chi connectivity index (χ0n) is 19.0. The van der Waals surface area contributed by atoms with Gasteiger partial charge in [0.1, 0.15) is 28.5 Å². The second kappa shape index (κ2) is 9.07. The van der Waals surface area contributed by atoms with Crippen LogP contribution in [-0.2, 0) is 10.0 Å². The third-order valence-electron chi connectivity index (χ3n) is 5.82. The molecule has 1 saturated heterocycles. The van der Waals surface area contributed by atoms with Crippen LogP contribution in [0.5, 0.6) is 11.5 Å². The molecule has 0 amide bonds. The molecule has 0 atom stereocenters. The van der Waals surface area contributed by atoms with E-state index in [1.54, 1.807) is 24.3 Å². The average molecular weight is 500 g/mol. The number of hydrogen-bond donors (Lipinski definition) is 0. The van der Waals surface area contributed by atoms with E-state index in [2.05, 4.69) is 20.3 Å². The van der Waals surface area contributed by atoms with Gasteiger partial charge in [0.05, 0.1) is 19.9 Å². The van der Waals surface area contributed by atoms with Crippen molar-refractivity contribution in [3.8, 4) is 17.2 Å². The number of piperazine rings is 1. The van der Waals surface area contributed by atoms with Crippen LogP contribution in [0.4, 0.5) is 10.2 Å². The second-order valence-electron chi connectivity index (χ2n) is 7.76. The van der Waals surface area contributed by atoms with Gasteiger partial charge in [0.25, 0.3) is 0 Å². The molecule has 0 aliphatic carbocycles. The number of sulfonamides is 1. The molecule has 0 saturated carbocycles. The summed E-state index contributed by atoms with van der Waals surface area (Å²) in [6.45, 7) is 1.25. The fraction of sp³-hybridized carbons (Fsp3) is 0.273. The Morgan fingerprint density at radius 3 is 2.37 bits per heavy atom. The van der Waals surface area contributed by atoms with Crippen molar-refractivity contribution in [2.75, 3.05) is 45.3 Å². The molecule has 5 rings (SSSR count). The molecule has 0 radical (unpaired) electrons. The highest BCUT2D eigenvalue weighted by Gasteiger charge is 2.32. The van der Waals surface area contributed by atoms with E-state index in [0.29, 0.717) is 41.5 Å². The van der Waals surface area contributed by atoms with Crippen LogP contribution in [0.25, 0.3) is 16.9 Å². The van der Waals surface area contributed by atoms with Crippen molar-refractivity contribution in [3.05, 3.63) is 54.6 Å². The summed E-state index contributed by atoms with van der Waals surface area (Å²) in [5.41, 5.74) is 1.56. The third-order valence-corrected chi connectivity index (χ3v) is 7.74. The van der Waals surface area contributed by atoms with Gasteiger partial charge in [0.15, 0.2) is 17.0 Å². The fourth-order valence-electron chi connectivity index (χ4n) is 3.99. The SMILES string of the molecule is COc1ccc(OC)c(S(=O)(=O)N2CCN(c3ncnc4c3nnn4-c3ccc(F)cc3)CC2)c1. The van der Waals surface area contributed by atoms with Gasteiger partial charge in [-0.1, -0.05) is 5.21 Å². The zero-order valence-corrected chi connectivity index (χ0v) is 19.8. The first-order chi connectivity index (χ1) is 16.9. The summed E-state index contributed by atoms with van der Waals surface area (Å²) >= 11 is 0. The van der Waals surface area contributed by atoms with E-state index < -0.39 is 10.0 Å². The lowest BCUT2D eigenvalue weighted by Crippen LogP contribution is -2.49. The summed E-state index contributed by atoms with van der Waals surface area (Å²) in [6, 6.07) is 10.5. The van der Waals surface area contributed by atoms with E-state index in [4.69, 9.17) is 9.47 Å². The predicted octanol–water partition coefficient (Wildman–Crippen LogP) is 1.88. The molecule has 4 aromatic rings. The van der Waals surface area contributed by atoms with Gasteiger partial charge in [-0.2, -0.15) is 8.99 Å². The first-order valence-electron chi connectivity index (χ1n) is 10.7. The number of benzene rings is 2. The predicted molar refractivity (Wildman–Crippen MR) is 125 cm³/mol. The van der Waals surface area contributed by atoms with Crippen molar-refractivity contribution >= 4 is 27.0 Å². The van der Waals surface area contributed by atoms with E-state index in [0.717, 1.165) is 0 Å². The van der Waals surface area contributed by atoms with E-state index in [-0.39, 0.29) is 29.6 Å². The molecule has 3 heterocycles. The number of anilines is 1. The Morgan fingerprint density at radius 2 is 1.69 bits per heavy atom. The first-order valence-corrected chi connectivity index (χ1v) is 12.2. The summed E-state index contributed by atoms with van der Waals surface area (Å²) < 4.78 is 53.5. The van der Waals surface area contributed by atoms with Crippen LogP contribution in [0.15, 0.2) is 53.7 Å². The minimum absolute atomic E-state index is 0.0551. The Bertz CT molecular complexity index is 1470. The third kappa shape index (κ3) is 4.12. The molecule has 0 unspecified atom stereocenters. The van der Waals surface area contributed by atoms with Gasteiger partial charge in [-0.25, -0.2) is 22.8 Å². The summed E-state index contributed by atoms with van der Waals surface area (Å²) in [4.78, 5) is 10.7. The Morgan fingerprint density at radius 1 is 0.943 bits per heavy atom. The minimum atomic E-state index is -3.81. The summed E-state index contributed by atoms with van der Waals surface area (Å²) in [6.07, 6.45) is 1.41. The van der Waals surface area contributed by atoms with Crippen LogP contribution in [-0.4, -0.2) is 78.1 Å². The molecule has 1 aliphatic heterocycles. The molecular weight excluding hydrogens is 477 g/mol. The largest absolute Gasteiger partial charge is 0.497 e. The number of methoxy groups -OCH3 is 2. The first kappa shape index (κ1) is 22.9. The van der Waals surface area contributed by atoms with Gasteiger partial charge in [-0.15, -0.1) is 5.10 Å². The standard InChI is InChI=1S/C22H22FN7O4S/c1-33-17-7-8-18(34-2)19(13-17)35(31,32)29-11-9-28(10-12-29)21-20-22(25-14-24-21)30(27-26-20)16-5-3-15(23)4-6-16/h3-8,13-14H,9-12H2,1-2H3. The summed E-state index contributed by atoms with van der Waals surface area (Å²) in [7, 11) is -0.908. The molecule has 2 aromatic carbocycles. The number of hydrogen-bond acceptors (Lipinski definition) is 9. The van der Waals surface area contributed by atoms with Crippen LogP contribution < -0.4 is 14.4 Å². The van der Waals surface area contributed by atoms with Crippen molar-refractivity contribution in [2.24, 2.45) is 0 Å². The topological polar surface area (TPSA) is 116 Å². The average Bonchev–Trinajstić information content (AvgIpc) is 3.33. The molecule has 11 nitrogen and oxygen atoms in total. The monoisotopic (exact) mass is 499 g/mol. The maximum Gasteiger partial charge on any atom is 0.247 e. The zero-order chi connectivity index (χ0) is 24.6. The second-order valence-corrected chi connectivity index (χ2v) is 9.66. The number of rotatable bonds is 6. The maximum absolute atomic E-state index is 13.4. The van der Waals surface area contributed by atoms with Crippen molar-refractivity contribution in [2.45, 2.75) is 4.90 Å². The Labute approximate surface area is 200 Å². The molecule has 182 valence electrons. The highest BCUT2D eigenvalue weighted by Crippen LogP contribution is 2.32. The van der Waals surface area contributed by atoms with Crippen LogP contribution in [0.1, 0.15) is 0 Å². The molecule has 0 bridgehead atoms. The molecule has 13 heteroatoms. The van der Waals surface area contributed by atoms with Gasteiger partial charge >= 0.3 is 0 Å². The number of fused-ring (bicyclic) bond motifs is 1. The lowest BCUT2D eigenvalue weighted by Gasteiger charge is -2.34. The fourth-order valence-corrected chi connectivity index (χ4v) is 5.58. The number of halogens is 1. The molecule has 0 spiro atoms. The Balaban J connectivity index is 1.39. The molecule has 2 aromatic heterocycles. The molecule has 1 fully saturated rings. The summed E-state index contributed by atoms with van der Waals surface area (Å²) in [5.74, 6) is 0.881. The van der Waals surface area contributed by atoms with Gasteiger partial charge in [-0.05, 0) is 36.4 Å².